The molecule has 2 aromatic rings. The van der Waals surface area contributed by atoms with Crippen molar-refractivity contribution in [1.29, 1.82) is 0 Å². The normalized spacial score (nSPS) is 10.6. The van der Waals surface area contributed by atoms with Crippen molar-refractivity contribution in [3.8, 4) is 0 Å². The van der Waals surface area contributed by atoms with Crippen LogP contribution in [-0.4, -0.2) is 22.1 Å². The van der Waals surface area contributed by atoms with E-state index in [1.54, 1.807) is 25.1 Å². The number of aromatic amines is 1. The Morgan fingerprint density at radius 3 is 2.84 bits per heavy atom. The van der Waals surface area contributed by atoms with Gasteiger partial charge >= 0.3 is 11.7 Å². The van der Waals surface area contributed by atoms with Crippen molar-refractivity contribution in [2.75, 3.05) is 6.61 Å². The van der Waals surface area contributed by atoms with Gasteiger partial charge in [-0.3, -0.25) is 19.1 Å². The molecule has 1 N–H and O–H groups in total. The lowest BCUT2D eigenvalue weighted by Crippen LogP contribution is -2.32. The average molecular weight is 327 g/mol. The molecule has 7 heteroatoms. The topological polar surface area (TPSA) is 81.2 Å². The molecule has 0 bridgehead atoms. The zero-order valence-corrected chi connectivity index (χ0v) is 11.7. The molecule has 0 spiro atoms. The number of nitrogens with one attached hydrogen (secondary N) is 1. The number of fused-ring (bicyclic) bond motifs is 1. The van der Waals surface area contributed by atoms with Crippen molar-refractivity contribution in [2.45, 2.75) is 13.5 Å². The van der Waals surface area contributed by atoms with Crippen LogP contribution >= 0.6 is 15.9 Å². The number of ether oxygens (including phenoxy) is 1. The smallest absolute Gasteiger partial charge is 0.329 e. The van der Waals surface area contributed by atoms with Crippen LogP contribution in [0.4, 0.5) is 0 Å². The summed E-state index contributed by atoms with van der Waals surface area (Å²) < 4.78 is 6.70. The van der Waals surface area contributed by atoms with E-state index in [4.69, 9.17) is 4.74 Å². The van der Waals surface area contributed by atoms with E-state index in [0.29, 0.717) is 15.4 Å². The third kappa shape index (κ3) is 2.76. The number of carbonyl (C=O) groups is 1. The standard InChI is InChI=1S/C12H11BrN2O4/c1-2-19-10(16)6-15-9-5-7(13)3-4-8(9)11(17)14-12(15)18/h3-5H,2,6H2,1H3,(H,14,17,18). The third-order valence-corrected chi connectivity index (χ3v) is 3.05. The summed E-state index contributed by atoms with van der Waals surface area (Å²) in [6, 6.07) is 4.89. The molecule has 0 aliphatic rings. The van der Waals surface area contributed by atoms with Crippen molar-refractivity contribution >= 4 is 32.8 Å². The Morgan fingerprint density at radius 2 is 2.16 bits per heavy atom. The van der Waals surface area contributed by atoms with E-state index in [2.05, 4.69) is 20.9 Å². The molecule has 2 rings (SSSR count). The van der Waals surface area contributed by atoms with Gasteiger partial charge in [0.1, 0.15) is 6.54 Å². The Balaban J connectivity index is 2.65. The van der Waals surface area contributed by atoms with Gasteiger partial charge in [0.2, 0.25) is 0 Å². The highest BCUT2D eigenvalue weighted by Crippen LogP contribution is 2.15. The second-order valence-electron chi connectivity index (χ2n) is 3.81. The molecule has 0 aliphatic carbocycles. The molecule has 0 saturated carbocycles. The molecule has 0 atom stereocenters. The number of carbonyl (C=O) groups excluding carboxylic acids is 1. The Morgan fingerprint density at radius 1 is 1.42 bits per heavy atom. The highest BCUT2D eigenvalue weighted by molar-refractivity contribution is 9.10. The van der Waals surface area contributed by atoms with Gasteiger partial charge in [0.25, 0.3) is 5.56 Å². The Bertz CT molecular complexity index is 747. The van der Waals surface area contributed by atoms with Crippen molar-refractivity contribution in [3.05, 3.63) is 43.5 Å². The van der Waals surface area contributed by atoms with Crippen molar-refractivity contribution < 1.29 is 9.53 Å². The van der Waals surface area contributed by atoms with Gasteiger partial charge in [0.05, 0.1) is 17.5 Å². The number of benzene rings is 1. The molecule has 1 aromatic heterocycles. The van der Waals surface area contributed by atoms with Crippen LogP contribution in [0, 0.1) is 0 Å². The summed E-state index contributed by atoms with van der Waals surface area (Å²) in [6.07, 6.45) is 0. The predicted octanol–water partition coefficient (Wildman–Crippen LogP) is 1.02. The highest BCUT2D eigenvalue weighted by Gasteiger charge is 2.11. The van der Waals surface area contributed by atoms with Crippen molar-refractivity contribution in [1.82, 2.24) is 9.55 Å². The summed E-state index contributed by atoms with van der Waals surface area (Å²) in [6.45, 7) is 1.68. The van der Waals surface area contributed by atoms with Gasteiger partial charge in [0.15, 0.2) is 0 Å². The van der Waals surface area contributed by atoms with E-state index in [0.717, 1.165) is 0 Å². The minimum Gasteiger partial charge on any atom is -0.465 e. The van der Waals surface area contributed by atoms with E-state index >= 15 is 0 Å². The van der Waals surface area contributed by atoms with Crippen LogP contribution in [0.15, 0.2) is 32.3 Å². The summed E-state index contributed by atoms with van der Waals surface area (Å²) >= 11 is 3.27. The minimum atomic E-state index is -0.636. The average Bonchev–Trinajstić information content (AvgIpc) is 2.34. The zero-order chi connectivity index (χ0) is 14.0. The summed E-state index contributed by atoms with van der Waals surface area (Å²) in [5.74, 6) is -0.530. The van der Waals surface area contributed by atoms with Crippen LogP contribution < -0.4 is 11.2 Å². The van der Waals surface area contributed by atoms with Gasteiger partial charge in [-0.2, -0.15) is 0 Å². The fraction of sp³-hybridized carbons (Fsp3) is 0.250. The molecule has 1 heterocycles. The first-order chi connectivity index (χ1) is 9.02. The number of esters is 1. The first-order valence-electron chi connectivity index (χ1n) is 5.61. The van der Waals surface area contributed by atoms with Crippen LogP contribution in [0.1, 0.15) is 6.92 Å². The van der Waals surface area contributed by atoms with Gasteiger partial charge in [-0.15, -0.1) is 0 Å². The first kappa shape index (κ1) is 13.5. The summed E-state index contributed by atoms with van der Waals surface area (Å²) in [5, 5.41) is 0.340. The molecular weight excluding hydrogens is 316 g/mol. The molecule has 0 unspecified atom stereocenters. The molecule has 0 radical (unpaired) electrons. The van der Waals surface area contributed by atoms with Crippen LogP contribution in [0.5, 0.6) is 0 Å². The predicted molar refractivity (Wildman–Crippen MR) is 73.2 cm³/mol. The van der Waals surface area contributed by atoms with Gasteiger partial charge in [-0.1, -0.05) is 15.9 Å². The maximum atomic E-state index is 11.8. The number of halogens is 1. The Kier molecular flexibility index (Phi) is 3.84. The van der Waals surface area contributed by atoms with Gasteiger partial charge in [-0.25, -0.2) is 4.79 Å². The number of aromatic nitrogens is 2. The van der Waals surface area contributed by atoms with E-state index in [1.807, 2.05) is 0 Å². The monoisotopic (exact) mass is 326 g/mol. The number of H-pyrrole nitrogens is 1. The minimum absolute atomic E-state index is 0.235. The molecule has 0 saturated heterocycles. The molecule has 100 valence electrons. The molecular formula is C12H11BrN2O4. The Hall–Kier alpha value is -1.89. The van der Waals surface area contributed by atoms with Crippen molar-refractivity contribution in [3.63, 3.8) is 0 Å². The molecule has 0 aliphatic heterocycles. The Labute approximate surface area is 116 Å². The quantitative estimate of drug-likeness (QED) is 0.854. The maximum absolute atomic E-state index is 11.8. The lowest BCUT2D eigenvalue weighted by molar-refractivity contribution is -0.143. The molecule has 0 fully saturated rings. The second-order valence-corrected chi connectivity index (χ2v) is 4.73. The van der Waals surface area contributed by atoms with E-state index < -0.39 is 17.2 Å². The number of hydrogen-bond acceptors (Lipinski definition) is 4. The van der Waals surface area contributed by atoms with Gasteiger partial charge < -0.3 is 4.74 Å². The van der Waals surface area contributed by atoms with E-state index in [9.17, 15) is 14.4 Å². The number of rotatable bonds is 3. The number of hydrogen-bond donors (Lipinski definition) is 1. The van der Waals surface area contributed by atoms with Crippen LogP contribution in [0.2, 0.25) is 0 Å². The van der Waals surface area contributed by atoms with Gasteiger partial charge in [0, 0.05) is 4.47 Å². The van der Waals surface area contributed by atoms with Gasteiger partial charge in [-0.05, 0) is 25.1 Å². The van der Waals surface area contributed by atoms with Crippen LogP contribution in [0.3, 0.4) is 0 Å². The SMILES string of the molecule is CCOC(=O)Cn1c(=O)[nH]c(=O)c2ccc(Br)cc21. The highest BCUT2D eigenvalue weighted by atomic mass is 79.9. The second kappa shape index (κ2) is 5.40. The summed E-state index contributed by atoms with van der Waals surface area (Å²) in [5.41, 5.74) is -0.729. The first-order valence-corrected chi connectivity index (χ1v) is 6.40. The lowest BCUT2D eigenvalue weighted by atomic mass is 10.2. The van der Waals surface area contributed by atoms with E-state index in [1.165, 1.54) is 4.57 Å². The summed E-state index contributed by atoms with van der Waals surface area (Å²) in [4.78, 5) is 37.1. The molecule has 6 nitrogen and oxygen atoms in total. The largest absolute Gasteiger partial charge is 0.465 e. The third-order valence-electron chi connectivity index (χ3n) is 2.55. The fourth-order valence-electron chi connectivity index (χ4n) is 1.75. The fourth-order valence-corrected chi connectivity index (χ4v) is 2.10. The van der Waals surface area contributed by atoms with Crippen molar-refractivity contribution in [2.24, 2.45) is 0 Å². The zero-order valence-electron chi connectivity index (χ0n) is 10.1. The number of nitrogens with zero attached hydrogens (tertiary/aromatic N) is 1. The van der Waals surface area contributed by atoms with Crippen LogP contribution in [-0.2, 0) is 16.1 Å². The summed E-state index contributed by atoms with van der Waals surface area (Å²) in [7, 11) is 0. The van der Waals surface area contributed by atoms with Crippen LogP contribution in [0.25, 0.3) is 10.9 Å². The van der Waals surface area contributed by atoms with E-state index in [-0.39, 0.29) is 13.2 Å². The maximum Gasteiger partial charge on any atom is 0.329 e. The lowest BCUT2D eigenvalue weighted by Gasteiger charge is -2.09. The molecule has 1 aromatic carbocycles. The molecule has 19 heavy (non-hydrogen) atoms. The molecule has 0 amide bonds.